The first-order chi connectivity index (χ1) is 8.99. The zero-order valence-corrected chi connectivity index (χ0v) is 11.5. The minimum atomic E-state index is -3.67. The van der Waals surface area contributed by atoms with E-state index in [1.807, 2.05) is 0 Å². The van der Waals surface area contributed by atoms with Gasteiger partial charge in [0, 0.05) is 6.04 Å². The number of anilines is 1. The quantitative estimate of drug-likeness (QED) is 0.662. The first kappa shape index (κ1) is 14.3. The summed E-state index contributed by atoms with van der Waals surface area (Å²) in [5.74, 6) is -0.536. The van der Waals surface area contributed by atoms with Crippen LogP contribution >= 0.6 is 0 Å². The maximum Gasteiger partial charge on any atom is 0.242 e. The molecule has 0 saturated heterocycles. The maximum absolute atomic E-state index is 13.0. The molecule has 4 nitrogen and oxygen atoms in total. The highest BCUT2D eigenvalue weighted by Gasteiger charge is 2.23. The predicted octanol–water partition coefficient (Wildman–Crippen LogP) is 2.41. The lowest BCUT2D eigenvalue weighted by Crippen LogP contribution is -2.34. The van der Waals surface area contributed by atoms with E-state index in [0.717, 1.165) is 50.7 Å². The van der Waals surface area contributed by atoms with Crippen LogP contribution in [0.2, 0.25) is 0 Å². The van der Waals surface area contributed by atoms with Crippen LogP contribution < -0.4 is 10.5 Å². The number of nitrogen functional groups attached to an aromatic ring is 1. The third-order valence-corrected chi connectivity index (χ3v) is 5.03. The highest BCUT2D eigenvalue weighted by Crippen LogP contribution is 2.22. The highest BCUT2D eigenvalue weighted by molar-refractivity contribution is 7.89. The van der Waals surface area contributed by atoms with Crippen LogP contribution in [0.3, 0.4) is 0 Å². The van der Waals surface area contributed by atoms with Gasteiger partial charge in [0.15, 0.2) is 0 Å². The van der Waals surface area contributed by atoms with Crippen LogP contribution in [0.4, 0.5) is 10.1 Å². The van der Waals surface area contributed by atoms with Crippen LogP contribution in [0.5, 0.6) is 0 Å². The zero-order chi connectivity index (χ0) is 13.9. The number of nitrogens with one attached hydrogen (secondary N) is 1. The number of hydrogen-bond acceptors (Lipinski definition) is 3. The molecule has 0 heterocycles. The highest BCUT2D eigenvalue weighted by atomic mass is 32.2. The van der Waals surface area contributed by atoms with Gasteiger partial charge in [0.25, 0.3) is 0 Å². The molecule has 106 valence electrons. The van der Waals surface area contributed by atoms with E-state index in [1.165, 1.54) is 6.07 Å². The third kappa shape index (κ3) is 3.67. The first-order valence-electron chi connectivity index (χ1n) is 6.56. The molecule has 1 aromatic carbocycles. The molecule has 6 heteroatoms. The number of halogens is 1. The summed E-state index contributed by atoms with van der Waals surface area (Å²) in [6.07, 6.45) is 6.06. The molecule has 0 atom stereocenters. The van der Waals surface area contributed by atoms with Gasteiger partial charge in [-0.2, -0.15) is 0 Å². The lowest BCUT2D eigenvalue weighted by Gasteiger charge is -2.17. The van der Waals surface area contributed by atoms with Crippen LogP contribution in [0.1, 0.15) is 38.5 Å². The van der Waals surface area contributed by atoms with E-state index >= 15 is 0 Å². The molecule has 1 aliphatic carbocycles. The van der Waals surface area contributed by atoms with Gasteiger partial charge in [0.05, 0.1) is 5.69 Å². The SMILES string of the molecule is Nc1cc(F)ccc1S(=O)(=O)NC1CCCCCC1. The Bertz CT molecular complexity index is 538. The Kier molecular flexibility index (Phi) is 4.42. The summed E-state index contributed by atoms with van der Waals surface area (Å²) in [7, 11) is -3.67. The standard InChI is InChI=1S/C13H19FN2O2S/c14-10-7-8-13(12(15)9-10)19(17,18)16-11-5-3-1-2-4-6-11/h7-9,11,16H,1-6,15H2. The molecule has 1 aliphatic rings. The zero-order valence-electron chi connectivity index (χ0n) is 10.7. The van der Waals surface area contributed by atoms with Gasteiger partial charge in [-0.05, 0) is 31.0 Å². The second-order valence-corrected chi connectivity index (χ2v) is 6.67. The van der Waals surface area contributed by atoms with Gasteiger partial charge in [-0.25, -0.2) is 17.5 Å². The van der Waals surface area contributed by atoms with Crippen molar-refractivity contribution in [2.24, 2.45) is 0 Å². The van der Waals surface area contributed by atoms with E-state index in [4.69, 9.17) is 5.73 Å². The number of benzene rings is 1. The Hall–Kier alpha value is -1.14. The number of sulfonamides is 1. The number of hydrogen-bond donors (Lipinski definition) is 2. The van der Waals surface area contributed by atoms with Gasteiger partial charge < -0.3 is 5.73 Å². The normalized spacial score (nSPS) is 18.2. The second kappa shape index (κ2) is 5.88. The monoisotopic (exact) mass is 286 g/mol. The van der Waals surface area contributed by atoms with Crippen LogP contribution in [0, 0.1) is 5.82 Å². The molecule has 0 spiro atoms. The molecule has 1 fully saturated rings. The Morgan fingerprint density at radius 1 is 1.16 bits per heavy atom. The average molecular weight is 286 g/mol. The molecule has 2 rings (SSSR count). The van der Waals surface area contributed by atoms with Crippen LogP contribution in [-0.2, 0) is 10.0 Å². The van der Waals surface area contributed by atoms with E-state index < -0.39 is 15.8 Å². The predicted molar refractivity (Wildman–Crippen MR) is 72.6 cm³/mol. The van der Waals surface area contributed by atoms with Gasteiger partial charge in [0.2, 0.25) is 10.0 Å². The lowest BCUT2D eigenvalue weighted by atomic mass is 10.1. The largest absolute Gasteiger partial charge is 0.398 e. The van der Waals surface area contributed by atoms with E-state index in [-0.39, 0.29) is 16.6 Å². The average Bonchev–Trinajstić information content (AvgIpc) is 2.56. The first-order valence-corrected chi connectivity index (χ1v) is 8.05. The van der Waals surface area contributed by atoms with Crippen molar-refractivity contribution in [3.63, 3.8) is 0 Å². The molecular weight excluding hydrogens is 267 g/mol. The molecule has 0 unspecified atom stereocenters. The summed E-state index contributed by atoms with van der Waals surface area (Å²) < 4.78 is 40.1. The van der Waals surface area contributed by atoms with Crippen molar-refractivity contribution in [2.75, 3.05) is 5.73 Å². The van der Waals surface area contributed by atoms with Crippen molar-refractivity contribution in [2.45, 2.75) is 49.5 Å². The van der Waals surface area contributed by atoms with E-state index in [0.29, 0.717) is 0 Å². The van der Waals surface area contributed by atoms with Crippen LogP contribution in [0.15, 0.2) is 23.1 Å². The fourth-order valence-corrected chi connectivity index (χ4v) is 3.86. The molecule has 3 N–H and O–H groups in total. The molecule has 0 amide bonds. The Balaban J connectivity index is 2.17. The summed E-state index contributed by atoms with van der Waals surface area (Å²) in [4.78, 5) is -0.0434. The van der Waals surface area contributed by atoms with E-state index in [9.17, 15) is 12.8 Å². The fourth-order valence-electron chi connectivity index (χ4n) is 2.44. The van der Waals surface area contributed by atoms with Crippen molar-refractivity contribution in [1.29, 1.82) is 0 Å². The molecule has 0 radical (unpaired) electrons. The van der Waals surface area contributed by atoms with Gasteiger partial charge >= 0.3 is 0 Å². The van der Waals surface area contributed by atoms with Gasteiger partial charge in [0.1, 0.15) is 10.7 Å². The summed E-state index contributed by atoms with van der Waals surface area (Å²) in [6.45, 7) is 0. The lowest BCUT2D eigenvalue weighted by molar-refractivity contribution is 0.510. The van der Waals surface area contributed by atoms with Crippen molar-refractivity contribution in [1.82, 2.24) is 4.72 Å². The summed E-state index contributed by atoms with van der Waals surface area (Å²) in [5.41, 5.74) is 5.53. The van der Waals surface area contributed by atoms with Gasteiger partial charge in [-0.1, -0.05) is 25.7 Å². The Labute approximate surface area is 113 Å². The van der Waals surface area contributed by atoms with Crippen molar-refractivity contribution in [3.8, 4) is 0 Å². The van der Waals surface area contributed by atoms with E-state index in [1.54, 1.807) is 0 Å². The van der Waals surface area contributed by atoms with Crippen LogP contribution in [-0.4, -0.2) is 14.5 Å². The smallest absolute Gasteiger partial charge is 0.242 e. The topological polar surface area (TPSA) is 72.2 Å². The summed E-state index contributed by atoms with van der Waals surface area (Å²) in [6, 6.07) is 3.31. The third-order valence-electron chi connectivity index (χ3n) is 3.44. The van der Waals surface area contributed by atoms with E-state index in [2.05, 4.69) is 4.72 Å². The maximum atomic E-state index is 13.0. The van der Waals surface area contributed by atoms with Crippen molar-refractivity contribution >= 4 is 15.7 Å². The molecule has 1 saturated carbocycles. The summed E-state index contributed by atoms with van der Waals surface area (Å²) in [5, 5.41) is 0. The minimum Gasteiger partial charge on any atom is -0.398 e. The molecule has 0 bridgehead atoms. The molecule has 0 aliphatic heterocycles. The molecule has 19 heavy (non-hydrogen) atoms. The summed E-state index contributed by atoms with van der Waals surface area (Å²) >= 11 is 0. The second-order valence-electron chi connectivity index (χ2n) is 4.99. The molecular formula is C13H19FN2O2S. The fraction of sp³-hybridized carbons (Fsp3) is 0.538. The number of nitrogens with two attached hydrogens (primary N) is 1. The number of rotatable bonds is 3. The van der Waals surface area contributed by atoms with Gasteiger partial charge in [-0.3, -0.25) is 0 Å². The van der Waals surface area contributed by atoms with Crippen LogP contribution in [0.25, 0.3) is 0 Å². The molecule has 0 aromatic heterocycles. The van der Waals surface area contributed by atoms with Gasteiger partial charge in [-0.15, -0.1) is 0 Å². The van der Waals surface area contributed by atoms with Crippen molar-refractivity contribution < 1.29 is 12.8 Å². The molecule has 1 aromatic rings. The Morgan fingerprint density at radius 2 is 1.79 bits per heavy atom. The van der Waals surface area contributed by atoms with Crippen molar-refractivity contribution in [3.05, 3.63) is 24.0 Å². The Morgan fingerprint density at radius 3 is 2.37 bits per heavy atom. The minimum absolute atomic E-state index is 0.0434.